The van der Waals surface area contributed by atoms with Crippen LogP contribution >= 0.6 is 18.7 Å². The van der Waals surface area contributed by atoms with Crippen LogP contribution < -0.4 is 26.0 Å². The number of carbonyl (C=O) groups excluding carboxylic acids is 1. The van der Waals surface area contributed by atoms with Gasteiger partial charge in [-0.3, -0.25) is 9.69 Å². The monoisotopic (exact) mass is 580 g/mol. The molecular weight excluding hydrogens is 547 g/mol. The number of benzene rings is 2. The van der Waals surface area contributed by atoms with Crippen LogP contribution in [0, 0.1) is 11.8 Å². The highest BCUT2D eigenvalue weighted by Gasteiger charge is 2.18. The van der Waals surface area contributed by atoms with E-state index in [0.29, 0.717) is 46.0 Å². The summed E-state index contributed by atoms with van der Waals surface area (Å²) in [5, 5.41) is 10.1. The predicted octanol–water partition coefficient (Wildman–Crippen LogP) is 5.69. The van der Waals surface area contributed by atoms with Gasteiger partial charge in [0.1, 0.15) is 17.9 Å². The molecule has 210 valence electrons. The summed E-state index contributed by atoms with van der Waals surface area (Å²) in [6, 6.07) is 10.7. The summed E-state index contributed by atoms with van der Waals surface area (Å²) in [6.07, 6.45) is 2.65. The van der Waals surface area contributed by atoms with Crippen molar-refractivity contribution in [2.45, 2.75) is 13.8 Å². The maximum atomic E-state index is 12.8. The fourth-order valence-electron chi connectivity index (χ4n) is 3.74. The number of rotatable bonds is 11. The molecule has 0 radical (unpaired) electrons. The maximum Gasteiger partial charge on any atom is 0.247 e. The third-order valence-electron chi connectivity index (χ3n) is 5.93. The van der Waals surface area contributed by atoms with E-state index >= 15 is 0 Å². The molecule has 0 saturated heterocycles. The van der Waals surface area contributed by atoms with Gasteiger partial charge in [0, 0.05) is 11.4 Å². The average molecular weight is 581 g/mol. The Labute approximate surface area is 240 Å². The van der Waals surface area contributed by atoms with Gasteiger partial charge in [-0.05, 0) is 50.7 Å². The molecule has 3 rings (SSSR count). The van der Waals surface area contributed by atoms with Gasteiger partial charge in [-0.25, -0.2) is 4.98 Å². The third kappa shape index (κ3) is 8.09. The minimum atomic E-state index is -2.56. The first-order valence-corrected chi connectivity index (χ1v) is 15.6. The van der Waals surface area contributed by atoms with Gasteiger partial charge in [-0.1, -0.05) is 56.0 Å². The number of ether oxygens (including phenoxy) is 1. The quantitative estimate of drug-likeness (QED) is 0.151. The van der Waals surface area contributed by atoms with Crippen LogP contribution in [0.4, 0.5) is 28.8 Å². The molecule has 1 amide bonds. The van der Waals surface area contributed by atoms with E-state index in [1.807, 2.05) is 24.3 Å². The van der Waals surface area contributed by atoms with Crippen molar-refractivity contribution in [3.63, 3.8) is 0 Å². The lowest BCUT2D eigenvalue weighted by Gasteiger charge is -2.17. The lowest BCUT2D eigenvalue weighted by atomic mass is 10.1. The van der Waals surface area contributed by atoms with Crippen molar-refractivity contribution in [1.82, 2.24) is 14.9 Å². The molecular formula is C29H34ClN6O3P. The lowest BCUT2D eigenvalue weighted by molar-refractivity contribution is -0.111. The Hall–Kier alpha value is -3.83. The maximum absolute atomic E-state index is 12.8. The summed E-state index contributed by atoms with van der Waals surface area (Å²) < 4.78 is 18.4. The Morgan fingerprint density at radius 3 is 2.52 bits per heavy atom. The Kier molecular flexibility index (Phi) is 10.7. The topological polar surface area (TPSA) is 108 Å². The number of hydrogen-bond donors (Lipinski definition) is 3. The van der Waals surface area contributed by atoms with E-state index in [2.05, 4.69) is 63.1 Å². The smallest absolute Gasteiger partial charge is 0.247 e. The highest BCUT2D eigenvalue weighted by Crippen LogP contribution is 2.39. The zero-order chi connectivity index (χ0) is 29.3. The first kappa shape index (κ1) is 30.7. The number of nitrogens with one attached hydrogen (secondary N) is 3. The molecule has 0 aliphatic rings. The number of halogens is 1. The number of aromatic nitrogens is 2. The number of carbonyl (C=O) groups is 1. The zero-order valence-corrected chi connectivity index (χ0v) is 25.0. The Morgan fingerprint density at radius 1 is 1.15 bits per heavy atom. The second kappa shape index (κ2) is 14.0. The average Bonchev–Trinajstić information content (AvgIpc) is 2.93. The van der Waals surface area contributed by atoms with E-state index in [1.165, 1.54) is 19.4 Å². The SMILES string of the molecule is C=CC(=O)Nc1cc(Nc2ncc(Cl)c(Nc3ccccc3P(C)(C)=O)n2)c(OC)cc1C#CCN(CC)CC. The fraction of sp³-hybridized carbons (Fsp3) is 0.276. The first-order chi connectivity index (χ1) is 19.1. The Morgan fingerprint density at radius 2 is 1.88 bits per heavy atom. The fourth-order valence-corrected chi connectivity index (χ4v) is 5.04. The largest absolute Gasteiger partial charge is 0.495 e. The number of nitrogens with zero attached hydrogens (tertiary/aromatic N) is 3. The number of methoxy groups -OCH3 is 1. The third-order valence-corrected chi connectivity index (χ3v) is 7.76. The minimum absolute atomic E-state index is 0.222. The summed E-state index contributed by atoms with van der Waals surface area (Å²) in [6.45, 7) is 13.5. The van der Waals surface area contributed by atoms with Crippen molar-refractivity contribution < 1.29 is 14.1 Å². The summed E-state index contributed by atoms with van der Waals surface area (Å²) in [7, 11) is -1.03. The van der Waals surface area contributed by atoms with E-state index < -0.39 is 7.14 Å². The van der Waals surface area contributed by atoms with Gasteiger partial charge < -0.3 is 25.3 Å². The van der Waals surface area contributed by atoms with Gasteiger partial charge in [0.25, 0.3) is 0 Å². The number of anilines is 5. The Bertz CT molecular complexity index is 1490. The Balaban J connectivity index is 1.98. The molecule has 1 heterocycles. The normalized spacial score (nSPS) is 10.9. The molecule has 0 spiro atoms. The summed E-state index contributed by atoms with van der Waals surface area (Å²) >= 11 is 6.40. The molecule has 40 heavy (non-hydrogen) atoms. The van der Waals surface area contributed by atoms with Crippen LogP contribution in [0.3, 0.4) is 0 Å². The second-order valence-electron chi connectivity index (χ2n) is 9.06. The first-order valence-electron chi connectivity index (χ1n) is 12.7. The predicted molar refractivity (Wildman–Crippen MR) is 166 cm³/mol. The minimum Gasteiger partial charge on any atom is -0.495 e. The standard InChI is InChI=1S/C29H34ClN6O3P/c1-7-27(37)32-23-18-24(25(39-4)17-20(23)13-12-16-36(8-2)9-3)34-29-31-19-21(30)28(35-29)33-22-14-10-11-15-26(22)40(5,6)38/h7,10-11,14-15,17-19H,1,8-9,16H2,2-6H3,(H,32,37)(H2,31,33,34,35). The van der Waals surface area contributed by atoms with Crippen LogP contribution in [-0.2, 0) is 9.36 Å². The molecule has 0 bridgehead atoms. The van der Waals surface area contributed by atoms with Crippen molar-refractivity contribution in [3.05, 3.63) is 65.8 Å². The van der Waals surface area contributed by atoms with Crippen molar-refractivity contribution >= 4 is 58.8 Å². The van der Waals surface area contributed by atoms with E-state index in [9.17, 15) is 9.36 Å². The molecule has 3 aromatic rings. The summed E-state index contributed by atoms with van der Waals surface area (Å²) in [4.78, 5) is 23.2. The van der Waals surface area contributed by atoms with Crippen LogP contribution in [0.25, 0.3) is 0 Å². The second-order valence-corrected chi connectivity index (χ2v) is 12.7. The van der Waals surface area contributed by atoms with Gasteiger partial charge in [0.15, 0.2) is 5.82 Å². The van der Waals surface area contributed by atoms with Crippen LogP contribution in [0.15, 0.2) is 55.3 Å². The van der Waals surface area contributed by atoms with Crippen LogP contribution in [0.2, 0.25) is 5.02 Å². The molecule has 2 aromatic carbocycles. The van der Waals surface area contributed by atoms with Crippen LogP contribution in [-0.4, -0.2) is 60.8 Å². The van der Waals surface area contributed by atoms with Crippen LogP contribution in [0.1, 0.15) is 19.4 Å². The molecule has 1 aromatic heterocycles. The van der Waals surface area contributed by atoms with Crippen molar-refractivity contribution in [1.29, 1.82) is 0 Å². The number of para-hydroxylation sites is 1. The van der Waals surface area contributed by atoms with E-state index in [4.69, 9.17) is 16.3 Å². The summed E-state index contributed by atoms with van der Waals surface area (Å²) in [5.41, 5.74) is 2.20. The number of hydrogen-bond acceptors (Lipinski definition) is 8. The van der Waals surface area contributed by atoms with Crippen molar-refractivity contribution in [3.8, 4) is 17.6 Å². The van der Waals surface area contributed by atoms with E-state index in [0.717, 1.165) is 13.1 Å². The highest BCUT2D eigenvalue weighted by molar-refractivity contribution is 7.70. The van der Waals surface area contributed by atoms with Gasteiger partial charge in [0.2, 0.25) is 11.9 Å². The molecule has 0 saturated carbocycles. The van der Waals surface area contributed by atoms with E-state index in [-0.39, 0.29) is 16.9 Å². The molecule has 0 atom stereocenters. The van der Waals surface area contributed by atoms with Gasteiger partial charge in [0.05, 0.1) is 42.5 Å². The lowest BCUT2D eigenvalue weighted by Crippen LogP contribution is -2.22. The van der Waals surface area contributed by atoms with Gasteiger partial charge in [-0.15, -0.1) is 0 Å². The summed E-state index contributed by atoms with van der Waals surface area (Å²) in [5.74, 6) is 6.95. The van der Waals surface area contributed by atoms with E-state index in [1.54, 1.807) is 25.5 Å². The molecule has 11 heteroatoms. The van der Waals surface area contributed by atoms with Crippen molar-refractivity contribution in [2.24, 2.45) is 0 Å². The number of amides is 1. The molecule has 0 fully saturated rings. The van der Waals surface area contributed by atoms with Crippen LogP contribution in [0.5, 0.6) is 5.75 Å². The molecule has 9 nitrogen and oxygen atoms in total. The van der Waals surface area contributed by atoms with Gasteiger partial charge >= 0.3 is 0 Å². The van der Waals surface area contributed by atoms with Gasteiger partial charge in [-0.2, -0.15) is 4.98 Å². The van der Waals surface area contributed by atoms with Crippen molar-refractivity contribution in [2.75, 3.05) is 56.0 Å². The molecule has 0 aliphatic carbocycles. The molecule has 0 aliphatic heterocycles. The zero-order valence-electron chi connectivity index (χ0n) is 23.3. The molecule has 3 N–H and O–H groups in total. The molecule has 0 unspecified atom stereocenters. The highest BCUT2D eigenvalue weighted by atomic mass is 35.5.